The van der Waals surface area contributed by atoms with E-state index in [0.717, 1.165) is 0 Å². The van der Waals surface area contributed by atoms with Gasteiger partial charge in [-0.15, -0.1) is 0 Å². The van der Waals surface area contributed by atoms with Gasteiger partial charge in [-0.3, -0.25) is 9.59 Å². The summed E-state index contributed by atoms with van der Waals surface area (Å²) in [5.41, 5.74) is 1.89. The Hall–Kier alpha value is -1.84. The lowest BCUT2D eigenvalue weighted by Crippen LogP contribution is -2.32. The van der Waals surface area contributed by atoms with E-state index in [4.69, 9.17) is 5.11 Å². The number of carboxylic acid groups (broad SMARTS) is 1. The Morgan fingerprint density at radius 2 is 1.76 bits per heavy atom. The highest BCUT2D eigenvalue weighted by Gasteiger charge is 2.15. The molecule has 0 fully saturated rings. The molecule has 1 atom stereocenters. The summed E-state index contributed by atoms with van der Waals surface area (Å²) < 4.78 is 0. The van der Waals surface area contributed by atoms with Crippen LogP contribution >= 0.6 is 0 Å². The first-order chi connectivity index (χ1) is 9.70. The van der Waals surface area contributed by atoms with E-state index in [9.17, 15) is 9.59 Å². The Kier molecular flexibility index (Phi) is 5.94. The fourth-order valence-corrected chi connectivity index (χ4v) is 2.06. The van der Waals surface area contributed by atoms with Crippen LogP contribution in [0.5, 0.6) is 0 Å². The molecule has 0 heterocycles. The normalized spacial score (nSPS) is 12.8. The van der Waals surface area contributed by atoms with E-state index in [0.29, 0.717) is 18.4 Å². The van der Waals surface area contributed by atoms with Gasteiger partial charge in [-0.2, -0.15) is 0 Å². The maximum absolute atomic E-state index is 12.1. The van der Waals surface area contributed by atoms with Gasteiger partial charge in [-0.25, -0.2) is 0 Å². The molecule has 2 N–H and O–H groups in total. The molecule has 1 unspecified atom stereocenters. The van der Waals surface area contributed by atoms with Gasteiger partial charge in [0.25, 0.3) is 5.91 Å². The number of nitrogens with one attached hydrogen (secondary N) is 1. The molecule has 4 nitrogen and oxygen atoms in total. The molecule has 1 aromatic rings. The lowest BCUT2D eigenvalue weighted by atomic mass is 9.86. The van der Waals surface area contributed by atoms with Gasteiger partial charge in [0, 0.05) is 18.0 Å². The Morgan fingerprint density at radius 1 is 1.19 bits per heavy atom. The van der Waals surface area contributed by atoms with Gasteiger partial charge in [0.2, 0.25) is 0 Å². The van der Waals surface area contributed by atoms with Crippen molar-refractivity contribution in [3.63, 3.8) is 0 Å². The zero-order valence-corrected chi connectivity index (χ0v) is 13.3. The first-order valence-electron chi connectivity index (χ1n) is 7.33. The zero-order valence-electron chi connectivity index (χ0n) is 13.3. The van der Waals surface area contributed by atoms with Crippen molar-refractivity contribution < 1.29 is 14.7 Å². The van der Waals surface area contributed by atoms with E-state index in [1.54, 1.807) is 0 Å². The predicted molar refractivity (Wildman–Crippen MR) is 83.6 cm³/mol. The molecule has 1 amide bonds. The highest BCUT2D eigenvalue weighted by atomic mass is 16.4. The van der Waals surface area contributed by atoms with Gasteiger partial charge in [0.15, 0.2) is 0 Å². The Labute approximate surface area is 126 Å². The SMILES string of the molecule is CC(CCCC(=O)O)NC(=O)c1ccc(C(C)(C)C)cc1. The van der Waals surface area contributed by atoms with Gasteiger partial charge < -0.3 is 10.4 Å². The van der Waals surface area contributed by atoms with Crippen LogP contribution in [0.3, 0.4) is 0 Å². The van der Waals surface area contributed by atoms with Gasteiger partial charge in [0.1, 0.15) is 0 Å². The molecule has 0 aliphatic rings. The van der Waals surface area contributed by atoms with Crippen molar-refractivity contribution in [1.82, 2.24) is 5.32 Å². The van der Waals surface area contributed by atoms with Crippen LogP contribution in [0.25, 0.3) is 0 Å². The van der Waals surface area contributed by atoms with Crippen LogP contribution in [0.2, 0.25) is 0 Å². The molecule has 0 aromatic heterocycles. The van der Waals surface area contributed by atoms with E-state index in [1.807, 2.05) is 31.2 Å². The summed E-state index contributed by atoms with van der Waals surface area (Å²) in [6.45, 7) is 8.29. The number of aliphatic carboxylic acids is 1. The molecule has 116 valence electrons. The molecule has 1 rings (SSSR count). The van der Waals surface area contributed by atoms with Crippen LogP contribution in [-0.4, -0.2) is 23.0 Å². The van der Waals surface area contributed by atoms with Crippen molar-refractivity contribution in [2.45, 2.75) is 58.4 Å². The van der Waals surface area contributed by atoms with Gasteiger partial charge in [-0.05, 0) is 42.9 Å². The smallest absolute Gasteiger partial charge is 0.303 e. The highest BCUT2D eigenvalue weighted by molar-refractivity contribution is 5.94. The fraction of sp³-hybridized carbons (Fsp3) is 0.529. The minimum Gasteiger partial charge on any atom is -0.481 e. The molecule has 0 bridgehead atoms. The Morgan fingerprint density at radius 3 is 2.24 bits per heavy atom. The van der Waals surface area contributed by atoms with Crippen LogP contribution in [0.4, 0.5) is 0 Å². The predicted octanol–water partition coefficient (Wildman–Crippen LogP) is 3.36. The highest BCUT2D eigenvalue weighted by Crippen LogP contribution is 2.22. The molecule has 0 saturated heterocycles. The number of amides is 1. The second kappa shape index (κ2) is 7.25. The Balaban J connectivity index is 2.53. The molecule has 21 heavy (non-hydrogen) atoms. The maximum Gasteiger partial charge on any atom is 0.303 e. The summed E-state index contributed by atoms with van der Waals surface area (Å²) in [4.78, 5) is 22.5. The number of carbonyl (C=O) groups is 2. The molecule has 0 saturated carbocycles. The van der Waals surface area contributed by atoms with Gasteiger partial charge in [0.05, 0.1) is 0 Å². The lowest BCUT2D eigenvalue weighted by molar-refractivity contribution is -0.137. The largest absolute Gasteiger partial charge is 0.481 e. The summed E-state index contributed by atoms with van der Waals surface area (Å²) >= 11 is 0. The van der Waals surface area contributed by atoms with Crippen molar-refractivity contribution in [3.8, 4) is 0 Å². The van der Waals surface area contributed by atoms with Crippen LogP contribution in [-0.2, 0) is 10.2 Å². The number of rotatable bonds is 6. The van der Waals surface area contributed by atoms with Crippen LogP contribution < -0.4 is 5.32 Å². The average Bonchev–Trinajstić information content (AvgIpc) is 2.37. The summed E-state index contributed by atoms with van der Waals surface area (Å²) in [7, 11) is 0. The average molecular weight is 291 g/mol. The topological polar surface area (TPSA) is 66.4 Å². The van der Waals surface area contributed by atoms with Crippen molar-refractivity contribution in [2.24, 2.45) is 0 Å². The van der Waals surface area contributed by atoms with Crippen molar-refractivity contribution in [1.29, 1.82) is 0 Å². The standard InChI is InChI=1S/C17H25NO3/c1-12(6-5-7-15(19)20)18-16(21)13-8-10-14(11-9-13)17(2,3)4/h8-12H,5-7H2,1-4H3,(H,18,21)(H,19,20). The van der Waals surface area contributed by atoms with Crippen molar-refractivity contribution in [2.75, 3.05) is 0 Å². The molecule has 0 aliphatic carbocycles. The first kappa shape index (κ1) is 17.2. The van der Waals surface area contributed by atoms with Crippen LogP contribution in [0, 0.1) is 0 Å². The quantitative estimate of drug-likeness (QED) is 0.844. The molecule has 0 aliphatic heterocycles. The number of benzene rings is 1. The second-order valence-corrected chi connectivity index (χ2v) is 6.49. The zero-order chi connectivity index (χ0) is 16.0. The first-order valence-corrected chi connectivity index (χ1v) is 7.33. The van der Waals surface area contributed by atoms with Crippen molar-refractivity contribution in [3.05, 3.63) is 35.4 Å². The minimum atomic E-state index is -0.800. The van der Waals surface area contributed by atoms with Gasteiger partial charge in [-0.1, -0.05) is 32.9 Å². The molecule has 0 spiro atoms. The third kappa shape index (κ3) is 5.98. The van der Waals surface area contributed by atoms with E-state index in [2.05, 4.69) is 26.1 Å². The van der Waals surface area contributed by atoms with Crippen LogP contribution in [0.1, 0.15) is 62.9 Å². The van der Waals surface area contributed by atoms with Crippen LogP contribution in [0.15, 0.2) is 24.3 Å². The lowest BCUT2D eigenvalue weighted by Gasteiger charge is -2.19. The molecule has 1 aromatic carbocycles. The number of hydrogen-bond donors (Lipinski definition) is 2. The van der Waals surface area contributed by atoms with E-state index < -0.39 is 5.97 Å². The Bertz CT molecular complexity index is 486. The number of carbonyl (C=O) groups excluding carboxylic acids is 1. The maximum atomic E-state index is 12.1. The summed E-state index contributed by atoms with van der Waals surface area (Å²) in [6.07, 6.45) is 1.37. The summed E-state index contributed by atoms with van der Waals surface area (Å²) in [5.74, 6) is -0.912. The molecular weight excluding hydrogens is 266 g/mol. The minimum absolute atomic E-state index is 0.0286. The monoisotopic (exact) mass is 291 g/mol. The van der Waals surface area contributed by atoms with Gasteiger partial charge >= 0.3 is 5.97 Å². The number of carboxylic acids is 1. The van der Waals surface area contributed by atoms with E-state index >= 15 is 0 Å². The van der Waals surface area contributed by atoms with Crippen molar-refractivity contribution >= 4 is 11.9 Å². The second-order valence-electron chi connectivity index (χ2n) is 6.49. The van der Waals surface area contributed by atoms with E-state index in [-0.39, 0.29) is 23.8 Å². The number of hydrogen-bond acceptors (Lipinski definition) is 2. The van der Waals surface area contributed by atoms with E-state index in [1.165, 1.54) is 5.56 Å². The summed E-state index contributed by atoms with van der Waals surface area (Å²) in [5, 5.41) is 11.5. The molecular formula is C17H25NO3. The summed E-state index contributed by atoms with van der Waals surface area (Å²) in [6, 6.07) is 7.59. The third-order valence-electron chi connectivity index (χ3n) is 3.42. The molecule has 4 heteroatoms. The third-order valence-corrected chi connectivity index (χ3v) is 3.42. The fourth-order valence-electron chi connectivity index (χ4n) is 2.06. The molecule has 0 radical (unpaired) electrons.